The molecule has 3 N–H and O–H groups in total. The predicted molar refractivity (Wildman–Crippen MR) is 93.6 cm³/mol. The Morgan fingerprint density at radius 2 is 2.29 bits per heavy atom. The number of halogens is 1. The van der Waals surface area contributed by atoms with E-state index in [1.807, 2.05) is 6.92 Å². The number of aryl methyl sites for hydroxylation is 1. The first-order valence-electron chi connectivity index (χ1n) is 7.45. The lowest BCUT2D eigenvalue weighted by Crippen LogP contribution is -2.29. The third-order valence-corrected chi connectivity index (χ3v) is 4.76. The average Bonchev–Trinajstić information content (AvgIpc) is 2.95. The average molecular weight is 347 g/mol. The number of rotatable bonds is 3. The highest BCUT2D eigenvalue weighted by atomic mass is 32.2. The van der Waals surface area contributed by atoms with Gasteiger partial charge < -0.3 is 11.1 Å². The molecule has 0 fully saturated rings. The van der Waals surface area contributed by atoms with Crippen molar-refractivity contribution in [3.05, 3.63) is 47.5 Å². The number of amides is 1. The summed E-state index contributed by atoms with van der Waals surface area (Å²) >= 11 is 1.46. The summed E-state index contributed by atoms with van der Waals surface area (Å²) in [6, 6.07) is 4.49. The number of amidine groups is 1. The van der Waals surface area contributed by atoms with Crippen molar-refractivity contribution in [1.29, 1.82) is 0 Å². The summed E-state index contributed by atoms with van der Waals surface area (Å²) in [6.45, 7) is 1.85. The number of nitrogens with one attached hydrogen (secondary N) is 1. The van der Waals surface area contributed by atoms with Crippen molar-refractivity contribution in [3.63, 3.8) is 0 Å². The quantitative estimate of drug-likeness (QED) is 0.893. The monoisotopic (exact) mass is 347 g/mol. The first-order valence-corrected chi connectivity index (χ1v) is 8.44. The summed E-state index contributed by atoms with van der Waals surface area (Å²) in [7, 11) is 1.73. The Kier molecular flexibility index (Phi) is 4.31. The zero-order valence-electron chi connectivity index (χ0n) is 13.4. The Labute approximate surface area is 143 Å². The molecule has 0 spiro atoms. The molecular weight excluding hydrogens is 329 g/mol. The fourth-order valence-corrected chi connectivity index (χ4v) is 3.61. The van der Waals surface area contributed by atoms with Gasteiger partial charge in [0.25, 0.3) is 5.91 Å². The maximum atomic E-state index is 14.3. The molecule has 1 amide bonds. The van der Waals surface area contributed by atoms with E-state index >= 15 is 0 Å². The van der Waals surface area contributed by atoms with E-state index in [0.717, 1.165) is 5.75 Å². The highest BCUT2D eigenvalue weighted by Gasteiger charge is 2.32. The van der Waals surface area contributed by atoms with Gasteiger partial charge in [0.1, 0.15) is 5.82 Å². The number of anilines is 1. The minimum atomic E-state index is -0.728. The molecule has 126 valence electrons. The maximum absolute atomic E-state index is 14.3. The first-order chi connectivity index (χ1) is 11.4. The molecule has 0 saturated carbocycles. The highest BCUT2D eigenvalue weighted by Crippen LogP contribution is 2.37. The Balaban J connectivity index is 1.89. The van der Waals surface area contributed by atoms with Crippen molar-refractivity contribution in [2.24, 2.45) is 17.8 Å². The number of carbonyl (C=O) groups excluding carboxylic acids is 1. The van der Waals surface area contributed by atoms with Gasteiger partial charge in [0, 0.05) is 30.2 Å². The zero-order valence-corrected chi connectivity index (χ0v) is 14.2. The van der Waals surface area contributed by atoms with Gasteiger partial charge >= 0.3 is 0 Å². The Hall–Kier alpha value is -2.35. The SMILES string of the molecule is Cn1cc(C(=O)Nc2ccc(F)c(C3(C)CCSC(N)=N3)c2)cn1. The van der Waals surface area contributed by atoms with Gasteiger partial charge in [-0.3, -0.25) is 14.5 Å². The van der Waals surface area contributed by atoms with Crippen molar-refractivity contribution in [3.8, 4) is 0 Å². The van der Waals surface area contributed by atoms with Crippen LogP contribution in [0.4, 0.5) is 10.1 Å². The number of aliphatic imine (C=N–C) groups is 1. The van der Waals surface area contributed by atoms with Crippen molar-refractivity contribution in [2.45, 2.75) is 18.9 Å². The summed E-state index contributed by atoms with van der Waals surface area (Å²) < 4.78 is 15.9. The molecular formula is C16H18FN5OS. The zero-order chi connectivity index (χ0) is 17.3. The number of nitrogens with two attached hydrogens (primary N) is 1. The van der Waals surface area contributed by atoms with E-state index in [1.54, 1.807) is 24.0 Å². The second-order valence-electron chi connectivity index (χ2n) is 5.87. The van der Waals surface area contributed by atoms with E-state index < -0.39 is 5.54 Å². The van der Waals surface area contributed by atoms with Gasteiger partial charge in [-0.25, -0.2) is 4.39 Å². The van der Waals surface area contributed by atoms with E-state index in [-0.39, 0.29) is 11.7 Å². The molecule has 0 bridgehead atoms. The van der Waals surface area contributed by atoms with Gasteiger partial charge in [0.15, 0.2) is 5.17 Å². The van der Waals surface area contributed by atoms with E-state index in [1.165, 1.54) is 30.1 Å². The number of nitrogens with zero attached hydrogens (tertiary/aromatic N) is 3. The van der Waals surface area contributed by atoms with Crippen LogP contribution in [-0.2, 0) is 12.6 Å². The smallest absolute Gasteiger partial charge is 0.258 e. The van der Waals surface area contributed by atoms with Gasteiger partial charge in [-0.05, 0) is 31.5 Å². The minimum absolute atomic E-state index is 0.298. The summed E-state index contributed by atoms with van der Waals surface area (Å²) in [6.07, 6.45) is 3.77. The van der Waals surface area contributed by atoms with Crippen LogP contribution in [-0.4, -0.2) is 26.6 Å². The molecule has 0 saturated heterocycles. The summed E-state index contributed by atoms with van der Waals surface area (Å²) in [5.41, 5.74) is 6.45. The second-order valence-corrected chi connectivity index (χ2v) is 6.99. The van der Waals surface area contributed by atoms with E-state index in [0.29, 0.717) is 28.4 Å². The lowest BCUT2D eigenvalue weighted by Gasteiger charge is -2.30. The Bertz CT molecular complexity index is 819. The van der Waals surface area contributed by atoms with Gasteiger partial charge in [0.2, 0.25) is 0 Å². The molecule has 1 aliphatic heterocycles. The summed E-state index contributed by atoms with van der Waals surface area (Å²) in [5.74, 6) is 0.116. The highest BCUT2D eigenvalue weighted by molar-refractivity contribution is 8.13. The topological polar surface area (TPSA) is 85.3 Å². The molecule has 1 atom stereocenters. The molecule has 1 aromatic heterocycles. The molecule has 1 aromatic carbocycles. The van der Waals surface area contributed by atoms with Crippen LogP contribution in [0, 0.1) is 5.82 Å². The predicted octanol–water partition coefficient (Wildman–Crippen LogP) is 2.48. The fraction of sp³-hybridized carbons (Fsp3) is 0.312. The third kappa shape index (κ3) is 3.28. The van der Waals surface area contributed by atoms with Crippen molar-refractivity contribution >= 4 is 28.5 Å². The van der Waals surface area contributed by atoms with Crippen LogP contribution in [0.15, 0.2) is 35.6 Å². The van der Waals surface area contributed by atoms with E-state index in [2.05, 4.69) is 15.4 Å². The molecule has 6 nitrogen and oxygen atoms in total. The number of benzene rings is 1. The molecule has 1 aliphatic rings. The third-order valence-electron chi connectivity index (χ3n) is 3.97. The Morgan fingerprint density at radius 3 is 2.96 bits per heavy atom. The maximum Gasteiger partial charge on any atom is 0.258 e. The largest absolute Gasteiger partial charge is 0.379 e. The number of aromatic nitrogens is 2. The number of thioether (sulfide) groups is 1. The fourth-order valence-electron chi connectivity index (χ4n) is 2.64. The van der Waals surface area contributed by atoms with Crippen LogP contribution in [0.5, 0.6) is 0 Å². The number of carbonyl (C=O) groups is 1. The van der Waals surface area contributed by atoms with Crippen molar-refractivity contribution < 1.29 is 9.18 Å². The van der Waals surface area contributed by atoms with Crippen LogP contribution >= 0.6 is 11.8 Å². The van der Waals surface area contributed by atoms with Crippen LogP contribution in [0.1, 0.15) is 29.3 Å². The first kappa shape index (κ1) is 16.5. The lowest BCUT2D eigenvalue weighted by molar-refractivity contribution is 0.102. The number of hydrogen-bond acceptors (Lipinski definition) is 5. The molecule has 2 heterocycles. The van der Waals surface area contributed by atoms with Crippen molar-refractivity contribution in [2.75, 3.05) is 11.1 Å². The van der Waals surface area contributed by atoms with Crippen LogP contribution in [0.25, 0.3) is 0 Å². The molecule has 3 rings (SSSR count). The normalized spacial score (nSPS) is 20.5. The molecule has 2 aromatic rings. The van der Waals surface area contributed by atoms with Gasteiger partial charge in [-0.1, -0.05) is 11.8 Å². The van der Waals surface area contributed by atoms with E-state index in [9.17, 15) is 9.18 Å². The van der Waals surface area contributed by atoms with Crippen LogP contribution in [0.2, 0.25) is 0 Å². The number of hydrogen-bond donors (Lipinski definition) is 2. The van der Waals surface area contributed by atoms with Gasteiger partial charge in [0.05, 0.1) is 17.3 Å². The summed E-state index contributed by atoms with van der Waals surface area (Å²) in [5, 5.41) is 7.18. The Morgan fingerprint density at radius 1 is 1.50 bits per heavy atom. The standard InChI is InChI=1S/C16H18FN5OS/c1-16(5-6-24-15(18)21-16)12-7-11(3-4-13(12)17)20-14(23)10-8-19-22(2)9-10/h3-4,7-9H,5-6H2,1-2H3,(H2,18,21)(H,20,23). The van der Waals surface area contributed by atoms with Gasteiger partial charge in [-0.15, -0.1) is 0 Å². The van der Waals surface area contributed by atoms with Crippen LogP contribution < -0.4 is 11.1 Å². The minimum Gasteiger partial charge on any atom is -0.379 e. The molecule has 24 heavy (non-hydrogen) atoms. The second kappa shape index (κ2) is 6.27. The van der Waals surface area contributed by atoms with Crippen molar-refractivity contribution in [1.82, 2.24) is 9.78 Å². The lowest BCUT2D eigenvalue weighted by atomic mass is 9.89. The molecule has 8 heteroatoms. The molecule has 0 radical (unpaired) electrons. The molecule has 1 unspecified atom stereocenters. The van der Waals surface area contributed by atoms with E-state index in [4.69, 9.17) is 5.73 Å². The molecule has 0 aliphatic carbocycles. The van der Waals surface area contributed by atoms with Crippen LogP contribution in [0.3, 0.4) is 0 Å². The summed E-state index contributed by atoms with van der Waals surface area (Å²) in [4.78, 5) is 16.6. The van der Waals surface area contributed by atoms with Gasteiger partial charge in [-0.2, -0.15) is 5.10 Å².